The van der Waals surface area contributed by atoms with Crippen molar-refractivity contribution < 1.29 is 4.79 Å². The van der Waals surface area contributed by atoms with Crippen LogP contribution >= 0.6 is 0 Å². The maximum absolute atomic E-state index is 11.8. The van der Waals surface area contributed by atoms with Gasteiger partial charge < -0.3 is 0 Å². The van der Waals surface area contributed by atoms with Crippen LogP contribution in [0.3, 0.4) is 0 Å². The standard InChI is InChI=1S/C14H20O/c1-4-5-11-14(3,12(2)15)13-9-7-6-8-10-13/h6-10H,4-5,11H2,1-3H3. The lowest BCUT2D eigenvalue weighted by Gasteiger charge is -2.27. The highest BCUT2D eigenvalue weighted by Crippen LogP contribution is 2.30. The minimum absolute atomic E-state index is 0.266. The maximum Gasteiger partial charge on any atom is 0.140 e. The minimum Gasteiger partial charge on any atom is -0.299 e. The van der Waals surface area contributed by atoms with Crippen molar-refractivity contribution in [3.05, 3.63) is 35.9 Å². The molecule has 1 atom stereocenters. The van der Waals surface area contributed by atoms with E-state index in [1.807, 2.05) is 18.2 Å². The summed E-state index contributed by atoms with van der Waals surface area (Å²) in [5.41, 5.74) is 0.850. The van der Waals surface area contributed by atoms with Gasteiger partial charge in [0.15, 0.2) is 0 Å². The molecule has 0 spiro atoms. The zero-order valence-electron chi connectivity index (χ0n) is 9.92. The molecule has 0 aliphatic carbocycles. The highest BCUT2D eigenvalue weighted by atomic mass is 16.1. The summed E-state index contributed by atoms with van der Waals surface area (Å²) in [5.74, 6) is 0.266. The normalized spacial score (nSPS) is 14.6. The highest BCUT2D eigenvalue weighted by molar-refractivity contribution is 5.87. The van der Waals surface area contributed by atoms with Crippen molar-refractivity contribution in [1.82, 2.24) is 0 Å². The average Bonchev–Trinajstić information content (AvgIpc) is 2.27. The van der Waals surface area contributed by atoms with Gasteiger partial charge in [-0.25, -0.2) is 0 Å². The van der Waals surface area contributed by atoms with E-state index in [1.165, 1.54) is 0 Å². The van der Waals surface area contributed by atoms with Gasteiger partial charge in [0.05, 0.1) is 5.41 Å². The predicted octanol–water partition coefficient (Wildman–Crippen LogP) is 3.72. The van der Waals surface area contributed by atoms with Gasteiger partial charge in [-0.3, -0.25) is 4.79 Å². The first kappa shape index (κ1) is 12.0. The fraction of sp³-hybridized carbons (Fsp3) is 0.500. The predicted molar refractivity (Wildman–Crippen MR) is 64.0 cm³/mol. The second kappa shape index (κ2) is 5.11. The van der Waals surface area contributed by atoms with Crippen LogP contribution in [0.2, 0.25) is 0 Å². The van der Waals surface area contributed by atoms with E-state index in [9.17, 15) is 4.79 Å². The van der Waals surface area contributed by atoms with Crippen LogP contribution in [-0.4, -0.2) is 5.78 Å². The van der Waals surface area contributed by atoms with Gasteiger partial charge >= 0.3 is 0 Å². The van der Waals surface area contributed by atoms with Crippen molar-refractivity contribution in [2.24, 2.45) is 0 Å². The first-order valence-corrected chi connectivity index (χ1v) is 5.68. The van der Waals surface area contributed by atoms with Crippen molar-refractivity contribution in [2.75, 3.05) is 0 Å². The molecule has 0 fully saturated rings. The highest BCUT2D eigenvalue weighted by Gasteiger charge is 2.30. The van der Waals surface area contributed by atoms with Crippen LogP contribution in [0.5, 0.6) is 0 Å². The summed E-state index contributed by atoms with van der Waals surface area (Å²) in [7, 11) is 0. The lowest BCUT2D eigenvalue weighted by Crippen LogP contribution is -2.30. The molecule has 1 rings (SSSR count). The Morgan fingerprint density at radius 3 is 2.33 bits per heavy atom. The Bertz CT molecular complexity index is 315. The number of hydrogen-bond acceptors (Lipinski definition) is 1. The van der Waals surface area contributed by atoms with Crippen LogP contribution in [0, 0.1) is 0 Å². The molecule has 0 aliphatic rings. The van der Waals surface area contributed by atoms with Crippen molar-refractivity contribution in [3.8, 4) is 0 Å². The number of Topliss-reactive ketones (excluding diaryl/α,β-unsaturated/α-hetero) is 1. The molecular weight excluding hydrogens is 184 g/mol. The van der Waals surface area contributed by atoms with E-state index in [-0.39, 0.29) is 11.2 Å². The van der Waals surface area contributed by atoms with Gasteiger partial charge in [-0.15, -0.1) is 0 Å². The Hall–Kier alpha value is -1.11. The zero-order valence-corrected chi connectivity index (χ0v) is 9.92. The van der Waals surface area contributed by atoms with Crippen LogP contribution in [-0.2, 0) is 10.2 Å². The summed E-state index contributed by atoms with van der Waals surface area (Å²) in [4.78, 5) is 11.8. The molecule has 0 saturated heterocycles. The molecule has 0 aromatic heterocycles. The van der Waals surface area contributed by atoms with E-state index in [0.29, 0.717) is 0 Å². The third-order valence-electron chi connectivity index (χ3n) is 3.22. The minimum atomic E-state index is -0.294. The Morgan fingerprint density at radius 1 is 1.27 bits per heavy atom. The molecule has 15 heavy (non-hydrogen) atoms. The fourth-order valence-electron chi connectivity index (χ4n) is 1.86. The monoisotopic (exact) mass is 204 g/mol. The Labute approximate surface area is 92.5 Å². The molecule has 1 heteroatoms. The SMILES string of the molecule is CCCCC(C)(C(C)=O)c1ccccc1. The third kappa shape index (κ3) is 2.68. The lowest BCUT2D eigenvalue weighted by atomic mass is 9.75. The molecule has 0 saturated carbocycles. The van der Waals surface area contributed by atoms with Crippen LogP contribution in [0.15, 0.2) is 30.3 Å². The number of unbranched alkanes of at least 4 members (excludes halogenated alkanes) is 1. The van der Waals surface area contributed by atoms with E-state index in [0.717, 1.165) is 24.8 Å². The first-order chi connectivity index (χ1) is 7.11. The number of carbonyl (C=O) groups excluding carboxylic acids is 1. The molecule has 1 nitrogen and oxygen atoms in total. The van der Waals surface area contributed by atoms with E-state index >= 15 is 0 Å². The fourth-order valence-corrected chi connectivity index (χ4v) is 1.86. The Morgan fingerprint density at radius 2 is 1.87 bits per heavy atom. The first-order valence-electron chi connectivity index (χ1n) is 5.68. The smallest absolute Gasteiger partial charge is 0.140 e. The molecule has 0 amide bonds. The van der Waals surface area contributed by atoms with E-state index < -0.39 is 0 Å². The summed E-state index contributed by atoms with van der Waals surface area (Å²) >= 11 is 0. The summed E-state index contributed by atoms with van der Waals surface area (Å²) in [6.07, 6.45) is 3.18. The van der Waals surface area contributed by atoms with Crippen molar-refractivity contribution >= 4 is 5.78 Å². The van der Waals surface area contributed by atoms with Crippen LogP contribution < -0.4 is 0 Å². The largest absolute Gasteiger partial charge is 0.299 e. The molecule has 1 aromatic carbocycles. The third-order valence-corrected chi connectivity index (χ3v) is 3.22. The van der Waals surface area contributed by atoms with Gasteiger partial charge in [-0.05, 0) is 25.8 Å². The maximum atomic E-state index is 11.8. The second-order valence-corrected chi connectivity index (χ2v) is 4.36. The van der Waals surface area contributed by atoms with Crippen molar-refractivity contribution in [3.63, 3.8) is 0 Å². The number of ketones is 1. The van der Waals surface area contributed by atoms with Gasteiger partial charge in [0.2, 0.25) is 0 Å². The van der Waals surface area contributed by atoms with Gasteiger partial charge in [0, 0.05) is 0 Å². The van der Waals surface area contributed by atoms with E-state index in [1.54, 1.807) is 6.92 Å². The summed E-state index contributed by atoms with van der Waals surface area (Å²) < 4.78 is 0. The van der Waals surface area contributed by atoms with Crippen LogP contribution in [0.1, 0.15) is 45.6 Å². The van der Waals surface area contributed by atoms with Crippen molar-refractivity contribution in [1.29, 1.82) is 0 Å². The Kier molecular flexibility index (Phi) is 4.07. The Balaban J connectivity index is 2.96. The van der Waals surface area contributed by atoms with Gasteiger partial charge in [-0.1, -0.05) is 50.1 Å². The number of hydrogen-bond donors (Lipinski definition) is 0. The van der Waals surface area contributed by atoms with E-state index in [2.05, 4.69) is 26.0 Å². The topological polar surface area (TPSA) is 17.1 Å². The molecule has 82 valence electrons. The van der Waals surface area contributed by atoms with Crippen LogP contribution in [0.4, 0.5) is 0 Å². The molecule has 0 bridgehead atoms. The van der Waals surface area contributed by atoms with Gasteiger partial charge in [0.1, 0.15) is 5.78 Å². The molecule has 0 heterocycles. The summed E-state index contributed by atoms with van der Waals surface area (Å²) in [5, 5.41) is 0. The summed E-state index contributed by atoms with van der Waals surface area (Å²) in [6.45, 7) is 5.91. The molecule has 0 radical (unpaired) electrons. The van der Waals surface area contributed by atoms with Crippen molar-refractivity contribution in [2.45, 2.75) is 45.4 Å². The molecule has 0 N–H and O–H groups in total. The van der Waals surface area contributed by atoms with Gasteiger partial charge in [0.25, 0.3) is 0 Å². The molecular formula is C14H20O. The lowest BCUT2D eigenvalue weighted by molar-refractivity contribution is -0.122. The van der Waals surface area contributed by atoms with Gasteiger partial charge in [-0.2, -0.15) is 0 Å². The summed E-state index contributed by atoms with van der Waals surface area (Å²) in [6, 6.07) is 10.1. The van der Waals surface area contributed by atoms with E-state index in [4.69, 9.17) is 0 Å². The second-order valence-electron chi connectivity index (χ2n) is 4.36. The molecule has 1 aromatic rings. The molecule has 1 unspecified atom stereocenters. The average molecular weight is 204 g/mol. The number of rotatable bonds is 5. The molecule has 0 aliphatic heterocycles. The quantitative estimate of drug-likeness (QED) is 0.714. The zero-order chi connectivity index (χ0) is 11.3. The number of carbonyl (C=O) groups is 1. The number of benzene rings is 1. The van der Waals surface area contributed by atoms with Crippen LogP contribution in [0.25, 0.3) is 0 Å².